The zero-order chi connectivity index (χ0) is 25.5. The Labute approximate surface area is 214 Å². The Morgan fingerprint density at radius 3 is 2.69 bits per heavy atom. The lowest BCUT2D eigenvalue weighted by molar-refractivity contribution is -0.154. The zero-order valence-electron chi connectivity index (χ0n) is 20.5. The van der Waals surface area contributed by atoms with Crippen molar-refractivity contribution < 1.29 is 22.7 Å². The summed E-state index contributed by atoms with van der Waals surface area (Å²) in [5.41, 5.74) is 2.75. The number of halogens is 3. The third-order valence-corrected chi connectivity index (χ3v) is 7.67. The number of fused-ring (bicyclic) bond motifs is 1. The van der Waals surface area contributed by atoms with Crippen LogP contribution >= 0.6 is 11.3 Å². The highest BCUT2D eigenvalue weighted by Gasteiger charge is 2.29. The van der Waals surface area contributed by atoms with Gasteiger partial charge >= 0.3 is 6.18 Å². The first kappa shape index (κ1) is 26.6. The lowest BCUT2D eigenvalue weighted by atomic mass is 9.84. The van der Waals surface area contributed by atoms with Crippen molar-refractivity contribution >= 4 is 23.3 Å². The van der Waals surface area contributed by atoms with Crippen LogP contribution < -0.4 is 10.1 Å². The summed E-state index contributed by atoms with van der Waals surface area (Å²) >= 11 is 1.57. The second-order valence-corrected chi connectivity index (χ2v) is 10.7. The van der Waals surface area contributed by atoms with Crippen LogP contribution in [0.4, 0.5) is 13.2 Å². The fourth-order valence-electron chi connectivity index (χ4n) is 4.90. The number of hydrogen-bond donors (Lipinski definition) is 1. The fourth-order valence-corrected chi connectivity index (χ4v) is 5.48. The second kappa shape index (κ2) is 12.2. The molecule has 4 rings (SSSR count). The average Bonchev–Trinajstić information content (AvgIpc) is 3.15. The summed E-state index contributed by atoms with van der Waals surface area (Å²) in [7, 11) is 0. The molecule has 36 heavy (non-hydrogen) atoms. The van der Waals surface area contributed by atoms with Gasteiger partial charge in [-0.2, -0.15) is 13.2 Å². The van der Waals surface area contributed by atoms with Gasteiger partial charge in [-0.05, 0) is 69.6 Å². The van der Waals surface area contributed by atoms with Crippen LogP contribution in [0.3, 0.4) is 0 Å². The Balaban J connectivity index is 1.15. The number of rotatable bonds is 8. The first-order valence-corrected chi connectivity index (χ1v) is 13.4. The molecule has 0 unspecified atom stereocenters. The lowest BCUT2D eigenvalue weighted by Crippen LogP contribution is -2.37. The Kier molecular flexibility index (Phi) is 9.00. The minimum atomic E-state index is -4.37. The maximum absolute atomic E-state index is 12.4. The summed E-state index contributed by atoms with van der Waals surface area (Å²) in [6.45, 7) is 3.40. The molecule has 10 heteroatoms. The van der Waals surface area contributed by atoms with Crippen LogP contribution in [0.2, 0.25) is 0 Å². The maximum atomic E-state index is 12.4. The number of pyridine rings is 1. The van der Waals surface area contributed by atoms with Crippen molar-refractivity contribution in [3.63, 3.8) is 0 Å². The molecule has 196 valence electrons. The molecule has 2 aliphatic rings. The van der Waals surface area contributed by atoms with Crippen molar-refractivity contribution in [3.8, 4) is 5.88 Å². The van der Waals surface area contributed by atoms with E-state index in [-0.39, 0.29) is 17.8 Å². The van der Waals surface area contributed by atoms with Crippen molar-refractivity contribution in [2.24, 2.45) is 5.92 Å². The van der Waals surface area contributed by atoms with Crippen LogP contribution in [0.25, 0.3) is 6.08 Å². The van der Waals surface area contributed by atoms with Gasteiger partial charge in [0.15, 0.2) is 6.61 Å². The summed E-state index contributed by atoms with van der Waals surface area (Å²) in [6, 6.07) is 3.61. The first-order chi connectivity index (χ1) is 17.2. The van der Waals surface area contributed by atoms with Crippen LogP contribution in [0.15, 0.2) is 23.6 Å². The van der Waals surface area contributed by atoms with Gasteiger partial charge in [-0.1, -0.05) is 6.07 Å². The zero-order valence-corrected chi connectivity index (χ0v) is 21.3. The van der Waals surface area contributed by atoms with E-state index >= 15 is 0 Å². The molecule has 0 aromatic carbocycles. The van der Waals surface area contributed by atoms with Gasteiger partial charge < -0.3 is 15.0 Å². The molecule has 0 bridgehead atoms. The van der Waals surface area contributed by atoms with E-state index in [0.717, 1.165) is 80.1 Å². The molecule has 0 atom stereocenters. The van der Waals surface area contributed by atoms with Gasteiger partial charge in [0.05, 0.1) is 10.7 Å². The molecule has 1 saturated carbocycles. The van der Waals surface area contributed by atoms with Crippen molar-refractivity contribution in [2.75, 3.05) is 26.2 Å². The lowest BCUT2D eigenvalue weighted by Gasteiger charge is -2.30. The van der Waals surface area contributed by atoms with E-state index in [2.05, 4.69) is 20.2 Å². The Hall–Kier alpha value is -2.46. The van der Waals surface area contributed by atoms with E-state index < -0.39 is 12.8 Å². The highest BCUT2D eigenvalue weighted by atomic mass is 32.1. The number of amides is 1. The SMILES string of the molecule is Cc1nc(/C=C/C(=O)N[C@H]2CC[C@H](CCN3CCc4ccc(OCC(F)(F)F)nc4CC3)CC2)cs1. The Morgan fingerprint density at radius 1 is 1.19 bits per heavy atom. The molecule has 0 radical (unpaired) electrons. The molecule has 6 nitrogen and oxygen atoms in total. The first-order valence-electron chi connectivity index (χ1n) is 12.5. The van der Waals surface area contributed by atoms with Gasteiger partial charge in [0, 0.05) is 48.8 Å². The number of aryl methyl sites for hydroxylation is 1. The van der Waals surface area contributed by atoms with E-state index in [9.17, 15) is 18.0 Å². The van der Waals surface area contributed by atoms with Crippen molar-refractivity contribution in [2.45, 2.75) is 64.1 Å². The molecule has 2 aromatic rings. The Morgan fingerprint density at radius 2 is 1.97 bits per heavy atom. The predicted octanol–water partition coefficient (Wildman–Crippen LogP) is 4.97. The highest BCUT2D eigenvalue weighted by Crippen LogP contribution is 2.28. The number of alkyl halides is 3. The predicted molar refractivity (Wildman–Crippen MR) is 134 cm³/mol. The number of hydrogen-bond acceptors (Lipinski definition) is 6. The van der Waals surface area contributed by atoms with Crippen LogP contribution in [-0.4, -0.2) is 59.2 Å². The molecule has 0 saturated heterocycles. The number of ether oxygens (including phenoxy) is 1. The van der Waals surface area contributed by atoms with Crippen LogP contribution in [0.1, 0.15) is 54.1 Å². The Bertz CT molecular complexity index is 1050. The minimum Gasteiger partial charge on any atom is -0.468 e. The molecule has 0 spiro atoms. The smallest absolute Gasteiger partial charge is 0.422 e. The molecular formula is C26H33F3N4O2S. The van der Waals surface area contributed by atoms with E-state index in [1.165, 1.54) is 6.07 Å². The van der Waals surface area contributed by atoms with Gasteiger partial charge in [0.2, 0.25) is 11.8 Å². The average molecular weight is 523 g/mol. The molecule has 2 aromatic heterocycles. The molecule has 1 amide bonds. The molecule has 3 heterocycles. The van der Waals surface area contributed by atoms with Crippen LogP contribution in [0.5, 0.6) is 5.88 Å². The van der Waals surface area contributed by atoms with E-state index in [0.29, 0.717) is 12.3 Å². The van der Waals surface area contributed by atoms with E-state index in [4.69, 9.17) is 4.74 Å². The van der Waals surface area contributed by atoms with Crippen LogP contribution in [0, 0.1) is 12.8 Å². The third-order valence-electron chi connectivity index (χ3n) is 6.88. The summed E-state index contributed by atoms with van der Waals surface area (Å²) in [4.78, 5) is 23.3. The number of thiazole rings is 1. The second-order valence-electron chi connectivity index (χ2n) is 9.64. The van der Waals surface area contributed by atoms with E-state index in [1.807, 2.05) is 18.4 Å². The number of nitrogens with zero attached hydrogens (tertiary/aromatic N) is 3. The summed E-state index contributed by atoms with van der Waals surface area (Å²) < 4.78 is 42.1. The number of aromatic nitrogens is 2. The van der Waals surface area contributed by atoms with Crippen LogP contribution in [-0.2, 0) is 17.6 Å². The van der Waals surface area contributed by atoms with Crippen molar-refractivity contribution in [1.29, 1.82) is 0 Å². The third kappa shape index (κ3) is 8.30. The highest BCUT2D eigenvalue weighted by molar-refractivity contribution is 7.09. The van der Waals surface area contributed by atoms with Crippen molar-refractivity contribution in [1.82, 2.24) is 20.2 Å². The molecular weight excluding hydrogens is 489 g/mol. The fraction of sp³-hybridized carbons (Fsp3) is 0.577. The van der Waals surface area contributed by atoms with E-state index in [1.54, 1.807) is 23.5 Å². The molecule has 1 N–H and O–H groups in total. The largest absolute Gasteiger partial charge is 0.468 e. The topological polar surface area (TPSA) is 67.4 Å². The molecule has 1 aliphatic heterocycles. The summed E-state index contributed by atoms with van der Waals surface area (Å²) in [5.74, 6) is 0.628. The monoisotopic (exact) mass is 522 g/mol. The number of carbonyl (C=O) groups excluding carboxylic acids is 1. The molecule has 1 aliphatic carbocycles. The van der Waals surface area contributed by atoms with Crippen molar-refractivity contribution in [3.05, 3.63) is 45.5 Å². The van der Waals surface area contributed by atoms with Gasteiger partial charge in [-0.25, -0.2) is 9.97 Å². The minimum absolute atomic E-state index is 0.0390. The summed E-state index contributed by atoms with van der Waals surface area (Å²) in [5, 5.41) is 6.05. The van der Waals surface area contributed by atoms with Gasteiger partial charge in [0.25, 0.3) is 0 Å². The van der Waals surface area contributed by atoms with Gasteiger partial charge in [-0.3, -0.25) is 4.79 Å². The standard InChI is InChI=1S/C26H33F3N4O2S/c1-18-30-22(16-36-18)7-8-24(34)31-21-5-2-19(3-6-21)10-13-33-14-11-20-4-9-25(32-23(20)12-15-33)35-17-26(27,28)29/h4,7-9,16,19,21H,2-3,5-6,10-15,17H2,1H3,(H,31,34)/b8-7+/t19-,21-. The number of nitrogens with one attached hydrogen (secondary N) is 1. The summed E-state index contributed by atoms with van der Waals surface area (Å²) in [6.07, 6.45) is 5.84. The normalized spacial score (nSPS) is 21.2. The number of carbonyl (C=O) groups is 1. The van der Waals surface area contributed by atoms with Gasteiger partial charge in [-0.15, -0.1) is 11.3 Å². The maximum Gasteiger partial charge on any atom is 0.422 e. The quantitative estimate of drug-likeness (QED) is 0.496. The molecule has 1 fully saturated rings. The van der Waals surface area contributed by atoms with Gasteiger partial charge in [0.1, 0.15) is 0 Å².